The molecule has 0 aliphatic rings. The summed E-state index contributed by atoms with van der Waals surface area (Å²) in [6, 6.07) is 21.3. The molecule has 6 nitrogen and oxygen atoms in total. The lowest BCUT2D eigenvalue weighted by molar-refractivity contribution is -0.149. The standard InChI is InChI=1S/C23H18N2O4S/c1-15(26)28-14-29-22(27)17-8-10-20(11-9-17)24-23-25-21(13-30-23)19-7-6-16-4-2-3-5-18(16)12-19/h2-13H,14H2,1H3,(H,24,25). The Morgan fingerprint density at radius 2 is 1.73 bits per heavy atom. The van der Waals surface area contributed by atoms with Gasteiger partial charge in [0, 0.05) is 23.6 Å². The molecule has 0 amide bonds. The summed E-state index contributed by atoms with van der Waals surface area (Å²) in [5.74, 6) is -1.07. The van der Waals surface area contributed by atoms with Crippen molar-refractivity contribution >= 4 is 44.9 Å². The van der Waals surface area contributed by atoms with Gasteiger partial charge in [0.05, 0.1) is 11.3 Å². The number of hydrogen-bond donors (Lipinski definition) is 1. The second-order valence-corrected chi connectivity index (χ2v) is 7.35. The first kappa shape index (κ1) is 19.6. The number of aromatic nitrogens is 1. The van der Waals surface area contributed by atoms with Crippen molar-refractivity contribution < 1.29 is 19.1 Å². The van der Waals surface area contributed by atoms with Crippen molar-refractivity contribution in [1.29, 1.82) is 0 Å². The van der Waals surface area contributed by atoms with E-state index in [0.29, 0.717) is 5.56 Å². The molecular formula is C23H18N2O4S. The minimum atomic E-state index is -0.560. The molecule has 4 aromatic rings. The Morgan fingerprint density at radius 1 is 0.967 bits per heavy atom. The summed E-state index contributed by atoms with van der Waals surface area (Å²) in [4.78, 5) is 27.3. The van der Waals surface area contributed by atoms with Gasteiger partial charge in [-0.15, -0.1) is 11.3 Å². The van der Waals surface area contributed by atoms with Crippen LogP contribution in [0.2, 0.25) is 0 Å². The lowest BCUT2D eigenvalue weighted by Gasteiger charge is -2.06. The summed E-state index contributed by atoms with van der Waals surface area (Å²) in [5.41, 5.74) is 3.12. The largest absolute Gasteiger partial charge is 0.428 e. The summed E-state index contributed by atoms with van der Waals surface area (Å²) in [7, 11) is 0. The van der Waals surface area contributed by atoms with Gasteiger partial charge in [0.15, 0.2) is 5.13 Å². The molecular weight excluding hydrogens is 400 g/mol. The van der Waals surface area contributed by atoms with Crippen LogP contribution in [0.25, 0.3) is 22.0 Å². The topological polar surface area (TPSA) is 77.5 Å². The van der Waals surface area contributed by atoms with Crippen molar-refractivity contribution in [2.45, 2.75) is 6.92 Å². The van der Waals surface area contributed by atoms with Crippen molar-refractivity contribution in [3.63, 3.8) is 0 Å². The number of rotatable bonds is 6. The van der Waals surface area contributed by atoms with Crippen LogP contribution < -0.4 is 5.32 Å². The Bertz CT molecular complexity index is 1200. The highest BCUT2D eigenvalue weighted by Gasteiger charge is 2.09. The number of anilines is 2. The van der Waals surface area contributed by atoms with E-state index in [1.165, 1.54) is 29.0 Å². The predicted octanol–water partition coefficient (Wildman–Crippen LogP) is 5.38. The van der Waals surface area contributed by atoms with E-state index in [9.17, 15) is 9.59 Å². The molecule has 4 rings (SSSR count). The quantitative estimate of drug-likeness (QED) is 0.334. The molecule has 3 aromatic carbocycles. The van der Waals surface area contributed by atoms with Crippen molar-refractivity contribution in [3.8, 4) is 11.3 Å². The minimum Gasteiger partial charge on any atom is -0.428 e. The summed E-state index contributed by atoms with van der Waals surface area (Å²) < 4.78 is 9.47. The Balaban J connectivity index is 1.42. The van der Waals surface area contributed by atoms with Crippen molar-refractivity contribution in [2.75, 3.05) is 12.1 Å². The van der Waals surface area contributed by atoms with E-state index in [2.05, 4.69) is 45.4 Å². The van der Waals surface area contributed by atoms with Crippen molar-refractivity contribution in [3.05, 3.63) is 77.7 Å². The Labute approximate surface area is 177 Å². The Hall–Kier alpha value is -3.71. The average Bonchev–Trinajstić information content (AvgIpc) is 3.22. The molecule has 7 heteroatoms. The van der Waals surface area contributed by atoms with Gasteiger partial charge in [-0.3, -0.25) is 4.79 Å². The van der Waals surface area contributed by atoms with Crippen LogP contribution >= 0.6 is 11.3 Å². The van der Waals surface area contributed by atoms with E-state index in [1.807, 2.05) is 17.5 Å². The first-order chi connectivity index (χ1) is 14.6. The molecule has 150 valence electrons. The normalized spacial score (nSPS) is 10.6. The van der Waals surface area contributed by atoms with Crippen LogP contribution in [0.5, 0.6) is 0 Å². The van der Waals surface area contributed by atoms with E-state index in [-0.39, 0.29) is 0 Å². The number of esters is 2. The zero-order valence-corrected chi connectivity index (χ0v) is 16.9. The molecule has 0 aliphatic heterocycles. The van der Waals surface area contributed by atoms with Gasteiger partial charge in [-0.1, -0.05) is 36.4 Å². The second kappa shape index (κ2) is 8.75. The fraction of sp³-hybridized carbons (Fsp3) is 0.0870. The SMILES string of the molecule is CC(=O)OCOC(=O)c1ccc(Nc2nc(-c3ccc4ccccc4c3)cs2)cc1. The van der Waals surface area contributed by atoms with E-state index in [1.54, 1.807) is 24.3 Å². The van der Waals surface area contributed by atoms with Gasteiger partial charge in [0.25, 0.3) is 0 Å². The number of ether oxygens (including phenoxy) is 2. The van der Waals surface area contributed by atoms with Crippen LogP contribution in [-0.4, -0.2) is 23.7 Å². The number of nitrogens with zero attached hydrogens (tertiary/aromatic N) is 1. The predicted molar refractivity (Wildman–Crippen MR) is 117 cm³/mol. The van der Waals surface area contributed by atoms with Gasteiger partial charge in [-0.05, 0) is 41.1 Å². The van der Waals surface area contributed by atoms with Gasteiger partial charge in [-0.25, -0.2) is 9.78 Å². The lowest BCUT2D eigenvalue weighted by Crippen LogP contribution is -2.10. The summed E-state index contributed by atoms with van der Waals surface area (Å²) in [5, 5.41) is 8.37. The Kier molecular flexibility index (Phi) is 5.72. The number of nitrogens with one attached hydrogen (secondary N) is 1. The number of thiazole rings is 1. The van der Waals surface area contributed by atoms with Crippen LogP contribution in [-0.2, 0) is 14.3 Å². The summed E-state index contributed by atoms with van der Waals surface area (Å²) in [6.45, 7) is 0.850. The highest BCUT2D eigenvalue weighted by Crippen LogP contribution is 2.29. The van der Waals surface area contributed by atoms with Crippen LogP contribution in [0, 0.1) is 0 Å². The third-order valence-corrected chi connectivity index (χ3v) is 5.13. The number of carbonyl (C=O) groups excluding carboxylic acids is 2. The third kappa shape index (κ3) is 4.64. The average molecular weight is 418 g/mol. The Morgan fingerprint density at radius 3 is 2.50 bits per heavy atom. The van der Waals surface area contributed by atoms with Crippen LogP contribution in [0.15, 0.2) is 72.1 Å². The molecule has 30 heavy (non-hydrogen) atoms. The van der Waals surface area contributed by atoms with E-state index < -0.39 is 18.7 Å². The maximum absolute atomic E-state index is 11.9. The molecule has 0 radical (unpaired) electrons. The molecule has 1 N–H and O–H groups in total. The number of hydrogen-bond acceptors (Lipinski definition) is 7. The molecule has 0 saturated heterocycles. The first-order valence-electron chi connectivity index (χ1n) is 9.21. The molecule has 0 unspecified atom stereocenters. The molecule has 0 fully saturated rings. The fourth-order valence-corrected chi connectivity index (χ4v) is 3.61. The molecule has 0 bridgehead atoms. The van der Waals surface area contributed by atoms with Crippen molar-refractivity contribution in [2.24, 2.45) is 0 Å². The second-order valence-electron chi connectivity index (χ2n) is 6.49. The fourth-order valence-electron chi connectivity index (χ4n) is 2.87. The molecule has 1 aromatic heterocycles. The highest BCUT2D eigenvalue weighted by atomic mass is 32.1. The number of benzene rings is 3. The van der Waals surface area contributed by atoms with E-state index in [0.717, 1.165) is 22.1 Å². The lowest BCUT2D eigenvalue weighted by atomic mass is 10.1. The minimum absolute atomic E-state index is 0.365. The van der Waals surface area contributed by atoms with Crippen LogP contribution in [0.3, 0.4) is 0 Å². The molecule has 0 spiro atoms. The first-order valence-corrected chi connectivity index (χ1v) is 10.1. The summed E-state index contributed by atoms with van der Waals surface area (Å²) in [6.07, 6.45) is 0. The zero-order valence-electron chi connectivity index (χ0n) is 16.1. The third-order valence-electron chi connectivity index (χ3n) is 4.37. The van der Waals surface area contributed by atoms with Crippen LogP contribution in [0.1, 0.15) is 17.3 Å². The van der Waals surface area contributed by atoms with Gasteiger partial charge >= 0.3 is 11.9 Å². The van der Waals surface area contributed by atoms with Gasteiger partial charge in [-0.2, -0.15) is 0 Å². The molecule has 0 aliphatic carbocycles. The molecule has 0 atom stereocenters. The van der Waals surface area contributed by atoms with E-state index in [4.69, 9.17) is 4.74 Å². The highest BCUT2D eigenvalue weighted by molar-refractivity contribution is 7.14. The number of fused-ring (bicyclic) bond motifs is 1. The van der Waals surface area contributed by atoms with E-state index >= 15 is 0 Å². The van der Waals surface area contributed by atoms with Crippen molar-refractivity contribution in [1.82, 2.24) is 4.98 Å². The summed E-state index contributed by atoms with van der Waals surface area (Å²) >= 11 is 1.51. The monoisotopic (exact) mass is 418 g/mol. The van der Waals surface area contributed by atoms with Gasteiger partial charge in [0.1, 0.15) is 0 Å². The number of carbonyl (C=O) groups is 2. The zero-order chi connectivity index (χ0) is 20.9. The van der Waals surface area contributed by atoms with Gasteiger partial charge in [0.2, 0.25) is 6.79 Å². The molecule has 0 saturated carbocycles. The molecule has 1 heterocycles. The van der Waals surface area contributed by atoms with Gasteiger partial charge < -0.3 is 14.8 Å². The maximum Gasteiger partial charge on any atom is 0.341 e. The smallest absolute Gasteiger partial charge is 0.341 e. The maximum atomic E-state index is 11.9. The van der Waals surface area contributed by atoms with Crippen LogP contribution in [0.4, 0.5) is 10.8 Å².